The van der Waals surface area contributed by atoms with Gasteiger partial charge in [-0.05, 0) is 40.8 Å². The van der Waals surface area contributed by atoms with E-state index >= 15 is 0 Å². The molecule has 2 aromatic carbocycles. The molecule has 0 fully saturated rings. The summed E-state index contributed by atoms with van der Waals surface area (Å²) in [5.74, 6) is 0.294. The lowest BCUT2D eigenvalue weighted by Gasteiger charge is -2.18. The van der Waals surface area contributed by atoms with Crippen molar-refractivity contribution in [2.75, 3.05) is 0 Å². The van der Waals surface area contributed by atoms with Crippen LogP contribution >= 0.6 is 0 Å². The van der Waals surface area contributed by atoms with E-state index in [9.17, 15) is 5.26 Å². The van der Waals surface area contributed by atoms with Crippen molar-refractivity contribution in [2.24, 2.45) is 0 Å². The van der Waals surface area contributed by atoms with Crippen LogP contribution < -0.4 is 0 Å². The third kappa shape index (κ3) is 2.62. The van der Waals surface area contributed by atoms with Crippen molar-refractivity contribution in [3.8, 4) is 28.5 Å². The first kappa shape index (κ1) is 16.0. The standard InChI is InChI=1S/C21H17N5/c1-13(2)16-5-3-15(10-22)21(19-11-23-7-8-24-19)20(16)14-4-6-17-18(9-14)26-12-25-17/h3-9,11-13H,1-2H3,(H,25,26). The first-order chi connectivity index (χ1) is 12.7. The van der Waals surface area contributed by atoms with Crippen molar-refractivity contribution in [2.45, 2.75) is 19.8 Å². The Balaban J connectivity index is 2.09. The zero-order valence-electron chi connectivity index (χ0n) is 14.6. The number of hydrogen-bond donors (Lipinski definition) is 1. The number of fused-ring (bicyclic) bond motifs is 1. The molecule has 0 unspecified atom stereocenters. The van der Waals surface area contributed by atoms with Crippen LogP contribution in [-0.4, -0.2) is 19.9 Å². The van der Waals surface area contributed by atoms with Gasteiger partial charge in [0.2, 0.25) is 0 Å². The summed E-state index contributed by atoms with van der Waals surface area (Å²) < 4.78 is 0. The number of rotatable bonds is 3. The predicted molar refractivity (Wildman–Crippen MR) is 101 cm³/mol. The Hall–Kier alpha value is -3.52. The molecule has 126 valence electrons. The van der Waals surface area contributed by atoms with E-state index in [4.69, 9.17) is 0 Å². The molecule has 4 rings (SSSR count). The maximum absolute atomic E-state index is 9.70. The average molecular weight is 339 g/mol. The second-order valence-electron chi connectivity index (χ2n) is 6.44. The van der Waals surface area contributed by atoms with E-state index in [-0.39, 0.29) is 0 Å². The zero-order chi connectivity index (χ0) is 18.1. The molecule has 0 spiro atoms. The molecule has 5 heteroatoms. The number of aromatic amines is 1. The highest BCUT2D eigenvalue weighted by Crippen LogP contribution is 2.40. The summed E-state index contributed by atoms with van der Waals surface area (Å²) in [6.45, 7) is 4.30. The van der Waals surface area contributed by atoms with Crippen LogP contribution in [0.3, 0.4) is 0 Å². The van der Waals surface area contributed by atoms with Crippen LogP contribution in [0.5, 0.6) is 0 Å². The quantitative estimate of drug-likeness (QED) is 0.588. The minimum atomic E-state index is 0.294. The van der Waals surface area contributed by atoms with Gasteiger partial charge < -0.3 is 4.98 Å². The fourth-order valence-electron chi connectivity index (χ4n) is 3.29. The normalized spacial score (nSPS) is 11.0. The van der Waals surface area contributed by atoms with Gasteiger partial charge >= 0.3 is 0 Å². The highest BCUT2D eigenvalue weighted by atomic mass is 14.9. The molecule has 26 heavy (non-hydrogen) atoms. The number of hydrogen-bond acceptors (Lipinski definition) is 4. The second kappa shape index (κ2) is 6.41. The second-order valence-corrected chi connectivity index (χ2v) is 6.44. The minimum absolute atomic E-state index is 0.294. The number of nitrogens with one attached hydrogen (secondary N) is 1. The summed E-state index contributed by atoms with van der Waals surface area (Å²) in [7, 11) is 0. The molecule has 5 nitrogen and oxygen atoms in total. The van der Waals surface area contributed by atoms with Crippen molar-refractivity contribution in [1.82, 2.24) is 19.9 Å². The first-order valence-corrected chi connectivity index (χ1v) is 8.46. The van der Waals surface area contributed by atoms with Gasteiger partial charge in [0, 0.05) is 18.0 Å². The predicted octanol–water partition coefficient (Wildman–Crippen LogP) is 4.68. The van der Waals surface area contributed by atoms with E-state index in [0.717, 1.165) is 27.7 Å². The smallest absolute Gasteiger partial charge is 0.0999 e. The lowest BCUT2D eigenvalue weighted by Crippen LogP contribution is -2.00. The van der Waals surface area contributed by atoms with E-state index in [2.05, 4.69) is 45.9 Å². The fraction of sp³-hybridized carbons (Fsp3) is 0.143. The Morgan fingerprint density at radius 3 is 2.65 bits per heavy atom. The number of nitriles is 1. The van der Waals surface area contributed by atoms with Gasteiger partial charge in [-0.25, -0.2) is 4.98 Å². The van der Waals surface area contributed by atoms with Crippen molar-refractivity contribution in [1.29, 1.82) is 5.26 Å². The molecule has 0 aliphatic carbocycles. The molecule has 2 heterocycles. The highest BCUT2D eigenvalue weighted by molar-refractivity contribution is 5.91. The summed E-state index contributed by atoms with van der Waals surface area (Å²) in [6.07, 6.45) is 6.68. The van der Waals surface area contributed by atoms with Gasteiger partial charge in [0.15, 0.2) is 0 Å². The van der Waals surface area contributed by atoms with E-state index < -0.39 is 0 Å². The third-order valence-electron chi connectivity index (χ3n) is 4.51. The molecule has 4 aromatic rings. The van der Waals surface area contributed by atoms with E-state index in [1.807, 2.05) is 24.3 Å². The minimum Gasteiger partial charge on any atom is -0.345 e. The van der Waals surface area contributed by atoms with Crippen LogP contribution in [0.4, 0.5) is 0 Å². The van der Waals surface area contributed by atoms with Gasteiger partial charge in [0.1, 0.15) is 0 Å². The molecular formula is C21H17N5. The SMILES string of the molecule is CC(C)c1ccc(C#N)c(-c2cnccn2)c1-c1ccc2[nH]cnc2c1. The van der Waals surface area contributed by atoms with Crippen LogP contribution in [0.1, 0.15) is 30.9 Å². The van der Waals surface area contributed by atoms with E-state index in [0.29, 0.717) is 17.2 Å². The van der Waals surface area contributed by atoms with Crippen LogP contribution in [0.2, 0.25) is 0 Å². The number of imidazole rings is 1. The summed E-state index contributed by atoms with van der Waals surface area (Å²) in [5, 5.41) is 9.70. The lowest BCUT2D eigenvalue weighted by molar-refractivity contribution is 0.869. The zero-order valence-corrected chi connectivity index (χ0v) is 14.6. The summed E-state index contributed by atoms with van der Waals surface area (Å²) in [6, 6.07) is 12.3. The average Bonchev–Trinajstić information content (AvgIpc) is 3.15. The maximum atomic E-state index is 9.70. The summed E-state index contributed by atoms with van der Waals surface area (Å²) in [5.41, 5.74) is 7.19. The Kier molecular flexibility index (Phi) is 3.94. The number of nitrogens with zero attached hydrogens (tertiary/aromatic N) is 4. The Morgan fingerprint density at radius 2 is 1.92 bits per heavy atom. The number of benzene rings is 2. The van der Waals surface area contributed by atoms with E-state index in [1.165, 1.54) is 5.56 Å². The number of H-pyrrole nitrogens is 1. The molecule has 0 aliphatic heterocycles. The van der Waals surface area contributed by atoms with Crippen LogP contribution in [0.25, 0.3) is 33.4 Å². The van der Waals surface area contributed by atoms with Crippen molar-refractivity contribution < 1.29 is 0 Å². The molecule has 0 amide bonds. The topological polar surface area (TPSA) is 78.2 Å². The maximum Gasteiger partial charge on any atom is 0.0999 e. The van der Waals surface area contributed by atoms with Gasteiger partial charge in [-0.3, -0.25) is 9.97 Å². The van der Waals surface area contributed by atoms with Gasteiger partial charge in [-0.1, -0.05) is 26.0 Å². The molecule has 2 aromatic heterocycles. The molecule has 0 aliphatic rings. The fourth-order valence-corrected chi connectivity index (χ4v) is 3.29. The third-order valence-corrected chi connectivity index (χ3v) is 4.51. The largest absolute Gasteiger partial charge is 0.345 e. The van der Waals surface area contributed by atoms with Gasteiger partial charge in [0.25, 0.3) is 0 Å². The molecule has 0 radical (unpaired) electrons. The molecular weight excluding hydrogens is 322 g/mol. The lowest BCUT2D eigenvalue weighted by atomic mass is 9.85. The molecule has 0 saturated heterocycles. The van der Waals surface area contributed by atoms with Crippen molar-refractivity contribution >= 4 is 11.0 Å². The van der Waals surface area contributed by atoms with Crippen LogP contribution in [0, 0.1) is 11.3 Å². The Bertz CT molecular complexity index is 1120. The summed E-state index contributed by atoms with van der Waals surface area (Å²) in [4.78, 5) is 16.2. The Labute approximate surface area is 151 Å². The Morgan fingerprint density at radius 1 is 1.04 bits per heavy atom. The summed E-state index contributed by atoms with van der Waals surface area (Å²) >= 11 is 0. The van der Waals surface area contributed by atoms with Crippen LogP contribution in [0.15, 0.2) is 55.2 Å². The van der Waals surface area contributed by atoms with Crippen LogP contribution in [-0.2, 0) is 0 Å². The van der Waals surface area contributed by atoms with Gasteiger partial charge in [-0.2, -0.15) is 5.26 Å². The van der Waals surface area contributed by atoms with E-state index in [1.54, 1.807) is 24.9 Å². The molecule has 1 N–H and O–H groups in total. The molecule has 0 saturated carbocycles. The molecule has 0 bridgehead atoms. The highest BCUT2D eigenvalue weighted by Gasteiger charge is 2.20. The first-order valence-electron chi connectivity index (χ1n) is 8.46. The van der Waals surface area contributed by atoms with Gasteiger partial charge in [-0.15, -0.1) is 0 Å². The van der Waals surface area contributed by atoms with Crippen molar-refractivity contribution in [3.63, 3.8) is 0 Å². The van der Waals surface area contributed by atoms with Crippen molar-refractivity contribution in [3.05, 3.63) is 66.4 Å². The van der Waals surface area contributed by atoms with Gasteiger partial charge in [0.05, 0.1) is 40.9 Å². The number of aromatic nitrogens is 4. The monoisotopic (exact) mass is 339 g/mol. The molecule has 0 atom stereocenters.